The van der Waals surface area contributed by atoms with E-state index in [9.17, 15) is 4.79 Å². The highest BCUT2D eigenvalue weighted by Gasteiger charge is 2.29. The van der Waals surface area contributed by atoms with Crippen molar-refractivity contribution >= 4 is 28.4 Å². The van der Waals surface area contributed by atoms with Gasteiger partial charge in [0.05, 0.1) is 0 Å². The van der Waals surface area contributed by atoms with Gasteiger partial charge in [-0.15, -0.1) is 0 Å². The minimum absolute atomic E-state index is 0.0552. The molecule has 28 heavy (non-hydrogen) atoms. The topological polar surface area (TPSA) is 61.4 Å². The summed E-state index contributed by atoms with van der Waals surface area (Å²) in [5, 5.41) is 3.90. The maximum Gasteiger partial charge on any atom is 0.322 e. The lowest BCUT2D eigenvalue weighted by molar-refractivity contribution is 0.185. The third kappa shape index (κ3) is 4.31. The molecule has 1 atom stereocenters. The van der Waals surface area contributed by atoms with Gasteiger partial charge in [0.1, 0.15) is 5.82 Å². The van der Waals surface area contributed by atoms with Crippen LogP contribution in [0.2, 0.25) is 0 Å². The summed E-state index contributed by atoms with van der Waals surface area (Å²) < 4.78 is 4.52. The Morgan fingerprint density at radius 2 is 1.82 bits per heavy atom. The molecule has 1 fully saturated rings. The number of hydrogen-bond acceptors (Lipinski definition) is 5. The lowest BCUT2D eigenvalue weighted by Gasteiger charge is -2.39. The summed E-state index contributed by atoms with van der Waals surface area (Å²) in [6.07, 6.45) is 0.742. The second-order valence-electron chi connectivity index (χ2n) is 6.94. The zero-order chi connectivity index (χ0) is 19.3. The summed E-state index contributed by atoms with van der Waals surface area (Å²) in [7, 11) is 0. The summed E-state index contributed by atoms with van der Waals surface area (Å²) in [6, 6.07) is 19.9. The van der Waals surface area contributed by atoms with Crippen LogP contribution >= 0.6 is 11.5 Å². The molecule has 1 aliphatic rings. The van der Waals surface area contributed by atoms with Gasteiger partial charge in [0, 0.05) is 49.3 Å². The van der Waals surface area contributed by atoms with Gasteiger partial charge in [-0.3, -0.25) is 0 Å². The smallest absolute Gasteiger partial charge is 0.322 e. The fourth-order valence-electron chi connectivity index (χ4n) is 3.37. The van der Waals surface area contributed by atoms with Gasteiger partial charge < -0.3 is 15.1 Å². The maximum absolute atomic E-state index is 12.6. The van der Waals surface area contributed by atoms with E-state index in [1.54, 1.807) is 0 Å². The van der Waals surface area contributed by atoms with Crippen molar-refractivity contribution in [2.45, 2.75) is 19.4 Å². The molecule has 7 heteroatoms. The molecular weight excluding hydrogens is 370 g/mol. The first-order valence-electron chi connectivity index (χ1n) is 9.43. The van der Waals surface area contributed by atoms with Gasteiger partial charge in [-0.25, -0.2) is 9.78 Å². The van der Waals surface area contributed by atoms with Crippen LogP contribution in [0.5, 0.6) is 0 Å². The average molecular weight is 394 g/mol. The van der Waals surface area contributed by atoms with E-state index >= 15 is 0 Å². The van der Waals surface area contributed by atoms with Gasteiger partial charge in [-0.05, 0) is 24.6 Å². The van der Waals surface area contributed by atoms with Crippen molar-refractivity contribution in [3.8, 4) is 0 Å². The van der Waals surface area contributed by atoms with Gasteiger partial charge in [0.2, 0.25) is 5.13 Å². The van der Waals surface area contributed by atoms with E-state index in [0.29, 0.717) is 6.54 Å². The molecule has 0 radical (unpaired) electrons. The quantitative estimate of drug-likeness (QED) is 0.731. The number of rotatable bonds is 4. The Bertz CT molecular complexity index is 915. The molecular formula is C21H23N5OS. The van der Waals surface area contributed by atoms with E-state index in [0.717, 1.165) is 36.2 Å². The highest BCUT2D eigenvalue weighted by atomic mass is 32.1. The van der Waals surface area contributed by atoms with Crippen molar-refractivity contribution in [3.63, 3.8) is 0 Å². The van der Waals surface area contributed by atoms with Crippen LogP contribution in [-0.4, -0.2) is 46.0 Å². The first kappa shape index (κ1) is 18.4. The lowest BCUT2D eigenvalue weighted by Crippen LogP contribution is -2.55. The van der Waals surface area contributed by atoms with Crippen molar-refractivity contribution < 1.29 is 4.79 Å². The number of nitrogens with zero attached hydrogens (tertiary/aromatic N) is 4. The van der Waals surface area contributed by atoms with E-state index in [4.69, 9.17) is 4.98 Å². The van der Waals surface area contributed by atoms with Gasteiger partial charge in [-0.2, -0.15) is 4.37 Å². The molecule has 1 unspecified atom stereocenters. The van der Waals surface area contributed by atoms with Crippen LogP contribution in [0.3, 0.4) is 0 Å². The minimum atomic E-state index is -0.0552. The number of urea groups is 1. The second-order valence-corrected chi connectivity index (χ2v) is 7.67. The Kier molecular flexibility index (Phi) is 5.53. The molecule has 1 N–H and O–H groups in total. The van der Waals surface area contributed by atoms with Crippen LogP contribution in [0.1, 0.15) is 18.3 Å². The Hall–Kier alpha value is -2.93. The number of piperazine rings is 1. The van der Waals surface area contributed by atoms with Crippen molar-refractivity contribution in [2.75, 3.05) is 29.9 Å². The number of hydrogen-bond donors (Lipinski definition) is 1. The minimum Gasteiger partial charge on any atom is -0.343 e. The largest absolute Gasteiger partial charge is 0.343 e. The second kappa shape index (κ2) is 8.39. The number of anilines is 2. The Balaban J connectivity index is 1.36. The molecule has 2 aromatic carbocycles. The standard InChI is InChI=1S/C21H23N5OS/c1-16-15-25(12-13-26(16)20(27)22-18-10-6-3-7-11-18)21-23-19(24-28-21)14-17-8-4-2-5-9-17/h2-11,16H,12-15H2,1H3,(H,22,27). The Morgan fingerprint density at radius 1 is 1.11 bits per heavy atom. The van der Waals surface area contributed by atoms with Crippen LogP contribution in [0.15, 0.2) is 60.7 Å². The van der Waals surface area contributed by atoms with Crippen LogP contribution < -0.4 is 10.2 Å². The highest BCUT2D eigenvalue weighted by molar-refractivity contribution is 7.09. The van der Waals surface area contributed by atoms with Crippen LogP contribution in [0.25, 0.3) is 0 Å². The number of benzene rings is 2. The first-order valence-corrected chi connectivity index (χ1v) is 10.2. The van der Waals surface area contributed by atoms with Gasteiger partial charge in [0.25, 0.3) is 0 Å². The molecule has 1 aliphatic heterocycles. The summed E-state index contributed by atoms with van der Waals surface area (Å²) in [4.78, 5) is 21.4. The van der Waals surface area contributed by atoms with Gasteiger partial charge in [0.15, 0.2) is 0 Å². The predicted molar refractivity (Wildman–Crippen MR) is 113 cm³/mol. The summed E-state index contributed by atoms with van der Waals surface area (Å²) in [6.45, 7) is 4.24. The van der Waals surface area contributed by atoms with Crippen molar-refractivity contribution in [1.29, 1.82) is 0 Å². The predicted octanol–water partition coefficient (Wildman–Crippen LogP) is 3.87. The number of nitrogens with one attached hydrogen (secondary N) is 1. The molecule has 3 aromatic rings. The third-order valence-corrected chi connectivity index (χ3v) is 5.66. The number of carbonyl (C=O) groups excluding carboxylic acids is 1. The summed E-state index contributed by atoms with van der Waals surface area (Å²) in [5.74, 6) is 0.850. The molecule has 0 spiro atoms. The number of amides is 2. The van der Waals surface area contributed by atoms with Crippen LogP contribution in [0.4, 0.5) is 15.6 Å². The monoisotopic (exact) mass is 393 g/mol. The molecule has 1 aromatic heterocycles. The molecule has 0 saturated carbocycles. The van der Waals surface area contributed by atoms with Crippen molar-refractivity contribution in [1.82, 2.24) is 14.3 Å². The summed E-state index contributed by atoms with van der Waals surface area (Å²) >= 11 is 1.44. The fourth-order valence-corrected chi connectivity index (χ4v) is 4.09. The first-order chi connectivity index (χ1) is 13.7. The zero-order valence-corrected chi connectivity index (χ0v) is 16.6. The van der Waals surface area contributed by atoms with Gasteiger partial charge >= 0.3 is 6.03 Å². The fraction of sp³-hybridized carbons (Fsp3) is 0.286. The van der Waals surface area contributed by atoms with Crippen LogP contribution in [0, 0.1) is 0 Å². The number of aromatic nitrogens is 2. The average Bonchev–Trinajstić information content (AvgIpc) is 3.18. The SMILES string of the molecule is CC1CN(c2nc(Cc3ccccc3)ns2)CCN1C(=O)Nc1ccccc1. The molecule has 6 nitrogen and oxygen atoms in total. The third-order valence-electron chi connectivity index (χ3n) is 4.85. The van der Waals surface area contributed by atoms with Crippen molar-refractivity contribution in [2.24, 2.45) is 0 Å². The van der Waals surface area contributed by atoms with E-state index in [1.807, 2.05) is 53.4 Å². The highest BCUT2D eigenvalue weighted by Crippen LogP contribution is 2.23. The molecule has 2 amide bonds. The van der Waals surface area contributed by atoms with E-state index < -0.39 is 0 Å². The zero-order valence-electron chi connectivity index (χ0n) is 15.8. The Labute approximate surface area is 169 Å². The normalized spacial score (nSPS) is 16.8. The molecule has 0 aliphatic carbocycles. The molecule has 0 bridgehead atoms. The maximum atomic E-state index is 12.6. The molecule has 4 rings (SSSR count). The van der Waals surface area contributed by atoms with Crippen LogP contribution in [-0.2, 0) is 6.42 Å². The lowest BCUT2D eigenvalue weighted by atomic mass is 10.1. The number of para-hydroxylation sites is 1. The molecule has 2 heterocycles. The summed E-state index contributed by atoms with van der Waals surface area (Å²) in [5.41, 5.74) is 2.03. The van der Waals surface area contributed by atoms with E-state index in [2.05, 4.69) is 33.6 Å². The molecule has 1 saturated heterocycles. The van der Waals surface area contributed by atoms with Gasteiger partial charge in [-0.1, -0.05) is 48.5 Å². The van der Waals surface area contributed by atoms with Crippen molar-refractivity contribution in [3.05, 3.63) is 72.1 Å². The number of carbonyl (C=O) groups is 1. The van der Waals surface area contributed by atoms with E-state index in [1.165, 1.54) is 17.1 Å². The van der Waals surface area contributed by atoms with E-state index in [-0.39, 0.29) is 12.1 Å². The molecule has 144 valence electrons. The Morgan fingerprint density at radius 3 is 2.54 bits per heavy atom.